The van der Waals surface area contributed by atoms with Crippen LogP contribution in [0.5, 0.6) is 11.5 Å². The van der Waals surface area contributed by atoms with Crippen LogP contribution < -0.4 is 14.8 Å². The monoisotopic (exact) mass is 362 g/mol. The number of anilines is 2. The zero-order chi connectivity index (χ0) is 18.6. The van der Waals surface area contributed by atoms with Crippen LogP contribution in [0.2, 0.25) is 0 Å². The Balaban J connectivity index is 1.41. The Morgan fingerprint density at radius 2 is 1.89 bits per heavy atom. The second-order valence-corrected chi connectivity index (χ2v) is 6.13. The van der Waals surface area contributed by atoms with Crippen LogP contribution in [0.1, 0.15) is 16.1 Å². The molecule has 2 aromatic carbocycles. The standard InChI is InChI=1S/C20H18N4O3/c1-24(12-14-5-3-2-4-6-14)20(25)16-10-22-19(11-21-16)23-15-7-8-17-18(9-15)27-13-26-17/h2-11H,12-13H2,1H3,(H,22,23). The summed E-state index contributed by atoms with van der Waals surface area (Å²) in [6.45, 7) is 0.741. The maximum Gasteiger partial charge on any atom is 0.274 e. The van der Waals surface area contributed by atoms with Gasteiger partial charge in [-0.15, -0.1) is 0 Å². The van der Waals surface area contributed by atoms with Crippen LogP contribution in [0.3, 0.4) is 0 Å². The smallest absolute Gasteiger partial charge is 0.274 e. The molecule has 4 rings (SSSR count). The average Bonchev–Trinajstić information content (AvgIpc) is 3.16. The summed E-state index contributed by atoms with van der Waals surface area (Å²) in [5.74, 6) is 1.76. The largest absolute Gasteiger partial charge is 0.454 e. The molecule has 136 valence electrons. The highest BCUT2D eigenvalue weighted by Gasteiger charge is 2.15. The van der Waals surface area contributed by atoms with Gasteiger partial charge in [-0.2, -0.15) is 0 Å². The molecule has 1 aliphatic heterocycles. The van der Waals surface area contributed by atoms with E-state index in [-0.39, 0.29) is 12.7 Å². The fraction of sp³-hybridized carbons (Fsp3) is 0.150. The van der Waals surface area contributed by atoms with Gasteiger partial charge in [-0.05, 0) is 17.7 Å². The van der Waals surface area contributed by atoms with Gasteiger partial charge in [0.15, 0.2) is 11.5 Å². The van der Waals surface area contributed by atoms with Crippen molar-refractivity contribution in [3.05, 3.63) is 72.2 Å². The number of benzene rings is 2. The number of rotatable bonds is 5. The predicted octanol–water partition coefficient (Wildman–Crippen LogP) is 3.22. The fourth-order valence-electron chi connectivity index (χ4n) is 2.75. The number of nitrogens with zero attached hydrogens (tertiary/aromatic N) is 3. The van der Waals surface area contributed by atoms with E-state index in [4.69, 9.17) is 9.47 Å². The number of amides is 1. The lowest BCUT2D eigenvalue weighted by molar-refractivity contribution is 0.0779. The van der Waals surface area contributed by atoms with Crippen LogP contribution in [0.15, 0.2) is 60.9 Å². The quantitative estimate of drug-likeness (QED) is 0.751. The Hall–Kier alpha value is -3.61. The van der Waals surface area contributed by atoms with Crippen molar-refractivity contribution in [2.45, 2.75) is 6.54 Å². The number of carbonyl (C=O) groups is 1. The van der Waals surface area contributed by atoms with Gasteiger partial charge in [-0.3, -0.25) is 4.79 Å². The Labute approximate surface area is 156 Å². The summed E-state index contributed by atoms with van der Waals surface area (Å²) in [6, 6.07) is 15.3. The molecule has 1 aliphatic rings. The molecule has 7 heteroatoms. The summed E-state index contributed by atoms with van der Waals surface area (Å²) < 4.78 is 10.6. The highest BCUT2D eigenvalue weighted by molar-refractivity contribution is 5.91. The van der Waals surface area contributed by atoms with E-state index in [0.717, 1.165) is 11.3 Å². The van der Waals surface area contributed by atoms with Gasteiger partial charge in [-0.25, -0.2) is 9.97 Å². The third-order valence-corrected chi connectivity index (χ3v) is 4.13. The number of fused-ring (bicyclic) bond motifs is 1. The first kappa shape index (κ1) is 16.8. The van der Waals surface area contributed by atoms with Crippen molar-refractivity contribution >= 4 is 17.4 Å². The van der Waals surface area contributed by atoms with E-state index in [0.29, 0.717) is 29.6 Å². The summed E-state index contributed by atoms with van der Waals surface area (Å²) in [5, 5.41) is 3.13. The Bertz CT molecular complexity index is 945. The van der Waals surface area contributed by atoms with Crippen LogP contribution in [-0.4, -0.2) is 34.6 Å². The maximum absolute atomic E-state index is 12.5. The molecule has 0 saturated heterocycles. The van der Waals surface area contributed by atoms with Gasteiger partial charge >= 0.3 is 0 Å². The summed E-state index contributed by atoms with van der Waals surface area (Å²) in [5.41, 5.74) is 2.15. The molecular formula is C20H18N4O3. The SMILES string of the molecule is CN(Cc1ccccc1)C(=O)c1cnc(Nc2ccc3c(c2)OCO3)cn1. The van der Waals surface area contributed by atoms with Gasteiger partial charge in [0.2, 0.25) is 6.79 Å². The molecule has 0 unspecified atom stereocenters. The minimum atomic E-state index is -0.180. The van der Waals surface area contributed by atoms with E-state index < -0.39 is 0 Å². The summed E-state index contributed by atoms with van der Waals surface area (Å²) in [4.78, 5) is 22.7. The first-order chi connectivity index (χ1) is 13.2. The molecule has 1 amide bonds. The first-order valence-electron chi connectivity index (χ1n) is 8.47. The van der Waals surface area contributed by atoms with Gasteiger partial charge in [0.05, 0.1) is 12.4 Å². The molecule has 7 nitrogen and oxygen atoms in total. The van der Waals surface area contributed by atoms with Crippen molar-refractivity contribution in [3.63, 3.8) is 0 Å². The molecule has 0 atom stereocenters. The fourth-order valence-corrected chi connectivity index (χ4v) is 2.75. The summed E-state index contributed by atoms with van der Waals surface area (Å²) in [7, 11) is 1.75. The molecule has 0 fully saturated rings. The zero-order valence-electron chi connectivity index (χ0n) is 14.8. The van der Waals surface area contributed by atoms with E-state index in [1.807, 2.05) is 48.5 Å². The number of hydrogen-bond donors (Lipinski definition) is 1. The third-order valence-electron chi connectivity index (χ3n) is 4.13. The number of aromatic nitrogens is 2. The lowest BCUT2D eigenvalue weighted by atomic mass is 10.2. The van der Waals surface area contributed by atoms with Crippen molar-refractivity contribution < 1.29 is 14.3 Å². The van der Waals surface area contributed by atoms with Gasteiger partial charge in [-0.1, -0.05) is 30.3 Å². The highest BCUT2D eigenvalue weighted by atomic mass is 16.7. The molecule has 0 bridgehead atoms. The Morgan fingerprint density at radius 3 is 2.67 bits per heavy atom. The summed E-state index contributed by atoms with van der Waals surface area (Å²) >= 11 is 0. The van der Waals surface area contributed by atoms with Crippen LogP contribution in [0.25, 0.3) is 0 Å². The Morgan fingerprint density at radius 1 is 1.07 bits per heavy atom. The Kier molecular flexibility index (Phi) is 4.57. The molecule has 27 heavy (non-hydrogen) atoms. The van der Waals surface area contributed by atoms with Crippen LogP contribution in [0.4, 0.5) is 11.5 Å². The molecule has 3 aromatic rings. The second kappa shape index (κ2) is 7.33. The van der Waals surface area contributed by atoms with E-state index in [1.54, 1.807) is 11.9 Å². The van der Waals surface area contributed by atoms with Crippen molar-refractivity contribution in [2.75, 3.05) is 19.2 Å². The number of nitrogens with one attached hydrogen (secondary N) is 1. The minimum Gasteiger partial charge on any atom is -0.454 e. The number of ether oxygens (including phenoxy) is 2. The van der Waals surface area contributed by atoms with Gasteiger partial charge in [0, 0.05) is 25.3 Å². The number of carbonyl (C=O) groups excluding carboxylic acids is 1. The van der Waals surface area contributed by atoms with E-state index >= 15 is 0 Å². The van der Waals surface area contributed by atoms with Crippen LogP contribution in [-0.2, 0) is 6.54 Å². The molecular weight excluding hydrogens is 344 g/mol. The molecule has 0 aliphatic carbocycles. The zero-order valence-corrected chi connectivity index (χ0v) is 14.8. The molecule has 1 N–H and O–H groups in total. The van der Waals surface area contributed by atoms with Crippen molar-refractivity contribution in [1.29, 1.82) is 0 Å². The van der Waals surface area contributed by atoms with Gasteiger partial charge in [0.1, 0.15) is 11.5 Å². The van der Waals surface area contributed by atoms with E-state index in [2.05, 4.69) is 15.3 Å². The second-order valence-electron chi connectivity index (χ2n) is 6.13. The molecule has 0 radical (unpaired) electrons. The molecule has 2 heterocycles. The van der Waals surface area contributed by atoms with Gasteiger partial charge < -0.3 is 19.7 Å². The summed E-state index contributed by atoms with van der Waals surface area (Å²) in [6.07, 6.45) is 3.01. The van der Waals surface area contributed by atoms with Crippen LogP contribution >= 0.6 is 0 Å². The van der Waals surface area contributed by atoms with Crippen molar-refractivity contribution in [1.82, 2.24) is 14.9 Å². The van der Waals surface area contributed by atoms with Crippen LogP contribution in [0, 0.1) is 0 Å². The van der Waals surface area contributed by atoms with Gasteiger partial charge in [0.25, 0.3) is 5.91 Å². The van der Waals surface area contributed by atoms with Crippen molar-refractivity contribution in [3.8, 4) is 11.5 Å². The maximum atomic E-state index is 12.5. The molecule has 0 saturated carbocycles. The molecule has 0 spiro atoms. The normalized spacial score (nSPS) is 11.9. The third kappa shape index (κ3) is 3.82. The topological polar surface area (TPSA) is 76.6 Å². The highest BCUT2D eigenvalue weighted by Crippen LogP contribution is 2.34. The molecule has 1 aromatic heterocycles. The predicted molar refractivity (Wildman–Crippen MR) is 100 cm³/mol. The average molecular weight is 362 g/mol. The lowest BCUT2D eigenvalue weighted by Gasteiger charge is -2.16. The first-order valence-corrected chi connectivity index (χ1v) is 8.47. The van der Waals surface area contributed by atoms with E-state index in [1.165, 1.54) is 12.4 Å². The lowest BCUT2D eigenvalue weighted by Crippen LogP contribution is -2.27. The minimum absolute atomic E-state index is 0.180. The van der Waals surface area contributed by atoms with Crippen molar-refractivity contribution in [2.24, 2.45) is 0 Å². The van der Waals surface area contributed by atoms with E-state index in [9.17, 15) is 4.79 Å². The number of hydrogen-bond acceptors (Lipinski definition) is 6.